The van der Waals surface area contributed by atoms with Gasteiger partial charge in [0.1, 0.15) is 5.78 Å². The van der Waals surface area contributed by atoms with Crippen LogP contribution in [0.15, 0.2) is 68.0 Å². The van der Waals surface area contributed by atoms with E-state index in [1.807, 2.05) is 54.3 Å². The molecule has 57 heavy (non-hydrogen) atoms. The van der Waals surface area contributed by atoms with Crippen LogP contribution in [0.4, 0.5) is 0 Å². The lowest BCUT2D eigenvalue weighted by molar-refractivity contribution is -0.125. The minimum atomic E-state index is -0.295. The van der Waals surface area contributed by atoms with Crippen molar-refractivity contribution in [2.75, 3.05) is 12.0 Å². The van der Waals surface area contributed by atoms with Gasteiger partial charge in [0.2, 0.25) is 0 Å². The number of hydrogen-bond donors (Lipinski definition) is 1. The molecular formula is C47H54Br3IO6. The Balaban J connectivity index is 0.000000141. The van der Waals surface area contributed by atoms with Gasteiger partial charge in [-0.05, 0) is 140 Å². The number of rotatable bonds is 1. The van der Waals surface area contributed by atoms with Gasteiger partial charge in [-0.3, -0.25) is 19.2 Å². The highest BCUT2D eigenvalue weighted by atomic mass is 127. The number of aliphatic hydroxyl groups excluding tert-OH is 1. The van der Waals surface area contributed by atoms with Crippen LogP contribution in [-0.4, -0.2) is 52.5 Å². The van der Waals surface area contributed by atoms with Gasteiger partial charge in [-0.15, -0.1) is 0 Å². The summed E-state index contributed by atoms with van der Waals surface area (Å²) in [6.45, 7) is 6.22. The Hall–Kier alpha value is -1.57. The van der Waals surface area contributed by atoms with Gasteiger partial charge in [-0.1, -0.05) is 109 Å². The average molecular weight is 1080 g/mol. The summed E-state index contributed by atoms with van der Waals surface area (Å²) < 4.78 is 8.43. The highest BCUT2D eigenvalue weighted by Crippen LogP contribution is 2.51. The number of Topliss-reactive ketones (excluding diaryl/α,β-unsaturated/α-hetero) is 4. The van der Waals surface area contributed by atoms with Gasteiger partial charge in [0, 0.05) is 65.8 Å². The first kappa shape index (κ1) is 45.0. The van der Waals surface area contributed by atoms with E-state index in [0.29, 0.717) is 30.0 Å². The van der Waals surface area contributed by atoms with Crippen LogP contribution in [0.1, 0.15) is 126 Å². The molecule has 6 nitrogen and oxygen atoms in total. The van der Waals surface area contributed by atoms with Gasteiger partial charge in [-0.2, -0.15) is 0 Å². The predicted octanol–water partition coefficient (Wildman–Crippen LogP) is 12.0. The van der Waals surface area contributed by atoms with Gasteiger partial charge in [0.05, 0.1) is 12.2 Å². The molecule has 0 saturated heterocycles. The summed E-state index contributed by atoms with van der Waals surface area (Å²) in [5.41, 5.74) is 5.51. The molecule has 3 aromatic carbocycles. The van der Waals surface area contributed by atoms with Crippen molar-refractivity contribution in [1.82, 2.24) is 0 Å². The number of fused-ring (bicyclic) bond motifs is 3. The summed E-state index contributed by atoms with van der Waals surface area (Å²) >= 11 is 12.5. The molecule has 0 heterocycles. The third-order valence-corrected chi connectivity index (χ3v) is 15.4. The molecule has 3 aromatic rings. The third kappa shape index (κ3) is 8.93. The molecule has 0 bridgehead atoms. The van der Waals surface area contributed by atoms with Crippen molar-refractivity contribution in [3.63, 3.8) is 0 Å². The number of ketones is 4. The molecule has 6 aliphatic carbocycles. The van der Waals surface area contributed by atoms with Crippen molar-refractivity contribution in [1.29, 1.82) is 0 Å². The van der Waals surface area contributed by atoms with E-state index >= 15 is 0 Å². The van der Waals surface area contributed by atoms with E-state index < -0.39 is 0 Å². The average Bonchev–Trinajstić information content (AvgIpc) is 3.72. The second-order valence-electron chi connectivity index (χ2n) is 17.6. The molecule has 3 spiro atoms. The summed E-state index contributed by atoms with van der Waals surface area (Å²) in [4.78, 5) is 51.7. The molecule has 8 atom stereocenters. The highest BCUT2D eigenvalue weighted by Gasteiger charge is 2.51. The Bertz CT molecular complexity index is 2050. The normalized spacial score (nSPS) is 32.1. The van der Waals surface area contributed by atoms with E-state index in [9.17, 15) is 24.3 Å². The number of alkyl halides is 1. The van der Waals surface area contributed by atoms with Crippen LogP contribution in [0.5, 0.6) is 0 Å². The number of ether oxygens (including phenoxy) is 1. The zero-order valence-electron chi connectivity index (χ0n) is 33.6. The Morgan fingerprint density at radius 2 is 1.02 bits per heavy atom. The molecule has 306 valence electrons. The maximum Gasteiger partial charge on any atom is 0.169 e. The summed E-state index contributed by atoms with van der Waals surface area (Å²) in [5.74, 6) is 1.91. The lowest BCUT2D eigenvalue weighted by Gasteiger charge is -2.39. The monoisotopic (exact) mass is 1080 g/mol. The molecule has 6 aliphatic rings. The van der Waals surface area contributed by atoms with E-state index in [1.54, 1.807) is 7.11 Å². The number of methoxy groups -OCH3 is 1. The molecule has 3 fully saturated rings. The Morgan fingerprint density at radius 1 is 0.614 bits per heavy atom. The van der Waals surface area contributed by atoms with Crippen LogP contribution in [0.3, 0.4) is 0 Å². The Kier molecular flexibility index (Phi) is 14.3. The Morgan fingerprint density at radius 3 is 1.40 bits per heavy atom. The van der Waals surface area contributed by atoms with Crippen LogP contribution < -0.4 is 0 Å². The largest absolute Gasteiger partial charge is 0.393 e. The third-order valence-electron chi connectivity index (χ3n) is 13.9. The fourth-order valence-corrected chi connectivity index (χ4v) is 12.0. The molecule has 0 amide bonds. The van der Waals surface area contributed by atoms with E-state index in [-0.39, 0.29) is 45.8 Å². The number of aliphatic hydroxyl groups is 1. The van der Waals surface area contributed by atoms with Crippen molar-refractivity contribution in [2.24, 2.45) is 34.0 Å². The summed E-state index contributed by atoms with van der Waals surface area (Å²) in [5, 5.41) is 9.85. The fraction of sp³-hybridized carbons (Fsp3) is 0.532. The lowest BCUT2D eigenvalue weighted by atomic mass is 9.66. The zero-order valence-corrected chi connectivity index (χ0v) is 40.5. The van der Waals surface area contributed by atoms with Gasteiger partial charge < -0.3 is 9.84 Å². The van der Waals surface area contributed by atoms with Crippen LogP contribution in [0, 0.1) is 34.0 Å². The van der Waals surface area contributed by atoms with Crippen LogP contribution in [0.2, 0.25) is 0 Å². The van der Waals surface area contributed by atoms with E-state index in [4.69, 9.17) is 4.74 Å². The number of hydrogen-bond acceptors (Lipinski definition) is 6. The second kappa shape index (κ2) is 18.2. The van der Waals surface area contributed by atoms with Crippen LogP contribution in [-0.2, 0) is 28.8 Å². The molecule has 0 aliphatic heterocycles. The van der Waals surface area contributed by atoms with Crippen molar-refractivity contribution >= 4 is 93.5 Å². The number of carbonyl (C=O) groups is 4. The van der Waals surface area contributed by atoms with Crippen molar-refractivity contribution in [3.05, 3.63) is 101 Å². The van der Waals surface area contributed by atoms with Gasteiger partial charge >= 0.3 is 0 Å². The van der Waals surface area contributed by atoms with Crippen LogP contribution >= 0.6 is 70.4 Å². The molecule has 1 N–H and O–H groups in total. The molecule has 3 unspecified atom stereocenters. The SMILES string of the molecule is CI.CO[C@H]1CCC2(Cc3ccc(Br)cc3C2=O)C[C@@H]1C.C[C@H]1CC2(CCC1=O)Cc1ccc(Br)cc1C2=O.C[C@H]1CC2(CC[C@@H]1O)Cc1ccc(Br)cc1C2=O. The first-order valence-electron chi connectivity index (χ1n) is 20.2. The molecule has 0 aromatic heterocycles. The van der Waals surface area contributed by atoms with Crippen molar-refractivity contribution < 1.29 is 29.0 Å². The molecule has 10 heteroatoms. The zero-order chi connectivity index (χ0) is 41.4. The maximum absolute atomic E-state index is 12.8. The Labute approximate surface area is 377 Å². The van der Waals surface area contributed by atoms with Gasteiger partial charge in [0.25, 0.3) is 0 Å². The van der Waals surface area contributed by atoms with Crippen molar-refractivity contribution in [3.8, 4) is 0 Å². The number of benzene rings is 3. The van der Waals surface area contributed by atoms with Gasteiger partial charge in [-0.25, -0.2) is 0 Å². The maximum atomic E-state index is 12.8. The topological polar surface area (TPSA) is 97.7 Å². The molecule has 0 radical (unpaired) electrons. The standard InChI is InChI=1S/C16H19BrO2.C15H17BrO2.C15H15BrO2.CH3I/c1-10-8-16(6-5-14(10)19-2)9-11-3-4-12(17)7-13(11)15(16)18;2*1-9-7-15(5-4-13(9)17)8-10-2-3-11(16)6-12(10)14(15)18;1-2/h3-4,7,10,14H,5-6,8-9H2,1-2H3;2-3,6,9,13,17H,4-5,7-8H2,1H3;2-3,6,9H,4-5,7-8H2,1H3;1H3/t10-,14-,16?;9-,13-,15?;9-,15?;/m000./s1. The highest BCUT2D eigenvalue weighted by molar-refractivity contribution is 14.1. The second-order valence-corrected chi connectivity index (χ2v) is 20.4. The van der Waals surface area contributed by atoms with E-state index in [0.717, 1.165) is 106 Å². The summed E-state index contributed by atoms with van der Waals surface area (Å²) in [6, 6.07) is 18.1. The minimum Gasteiger partial charge on any atom is -0.393 e. The number of carbonyl (C=O) groups excluding carboxylic acids is 4. The summed E-state index contributed by atoms with van der Waals surface area (Å²) in [7, 11) is 1.78. The smallest absolute Gasteiger partial charge is 0.169 e. The van der Waals surface area contributed by atoms with Crippen LogP contribution in [0.25, 0.3) is 0 Å². The van der Waals surface area contributed by atoms with E-state index in [1.165, 1.54) is 11.1 Å². The minimum absolute atomic E-state index is 0.0282. The predicted molar refractivity (Wildman–Crippen MR) is 245 cm³/mol. The van der Waals surface area contributed by atoms with E-state index in [2.05, 4.69) is 96.4 Å². The molecule has 3 saturated carbocycles. The van der Waals surface area contributed by atoms with Gasteiger partial charge in [0.15, 0.2) is 17.3 Å². The number of halogens is 4. The fourth-order valence-electron chi connectivity index (χ4n) is 10.9. The summed E-state index contributed by atoms with van der Waals surface area (Å²) in [6.07, 6.45) is 9.96. The molecular weight excluding hydrogens is 1030 g/mol. The molecule has 9 rings (SSSR count). The lowest BCUT2D eigenvalue weighted by Crippen LogP contribution is -2.40. The first-order valence-corrected chi connectivity index (χ1v) is 24.7. The quantitative estimate of drug-likeness (QED) is 0.193. The first-order chi connectivity index (χ1) is 27.1. The van der Waals surface area contributed by atoms with Crippen molar-refractivity contribution in [2.45, 2.75) is 110 Å².